The summed E-state index contributed by atoms with van der Waals surface area (Å²) < 4.78 is 0. The van der Waals surface area contributed by atoms with E-state index in [0.717, 1.165) is 0 Å². The third-order valence-electron chi connectivity index (χ3n) is 3.13. The van der Waals surface area contributed by atoms with Crippen molar-refractivity contribution in [1.29, 1.82) is 0 Å². The maximum atomic E-state index is 2.52. The molecule has 56 valence electrons. The quantitative estimate of drug-likeness (QED) is 0.485. The van der Waals surface area contributed by atoms with Gasteiger partial charge in [-0.25, -0.2) is 0 Å². The molecule has 0 aromatic rings. The van der Waals surface area contributed by atoms with Crippen LogP contribution in [0, 0.1) is 5.41 Å². The van der Waals surface area contributed by atoms with Gasteiger partial charge in [0.05, 0.1) is 0 Å². The summed E-state index contributed by atoms with van der Waals surface area (Å²) in [4.78, 5) is 0. The molecule has 1 spiro atoms. The van der Waals surface area contributed by atoms with Crippen LogP contribution in [0.4, 0.5) is 0 Å². The Balaban J connectivity index is 1.94. The number of hydrogen-bond donors (Lipinski definition) is 0. The molecule has 0 amide bonds. The van der Waals surface area contributed by atoms with Crippen molar-refractivity contribution in [1.82, 2.24) is 0 Å². The van der Waals surface area contributed by atoms with E-state index in [1.54, 1.807) is 5.57 Å². The second kappa shape index (κ2) is 2.11. The maximum absolute atomic E-state index is 2.52. The molecule has 0 unspecified atom stereocenters. The van der Waals surface area contributed by atoms with E-state index in [2.05, 4.69) is 13.0 Å². The Morgan fingerprint density at radius 2 is 2.00 bits per heavy atom. The lowest BCUT2D eigenvalue weighted by Gasteiger charge is -2.23. The average Bonchev–Trinajstić information content (AvgIpc) is 2.65. The summed E-state index contributed by atoms with van der Waals surface area (Å²) in [5.74, 6) is 0. The van der Waals surface area contributed by atoms with Crippen LogP contribution in [-0.2, 0) is 0 Å². The van der Waals surface area contributed by atoms with Crippen molar-refractivity contribution in [2.24, 2.45) is 5.41 Å². The highest BCUT2D eigenvalue weighted by atomic mass is 14.5. The first-order chi connectivity index (χ1) is 4.87. The van der Waals surface area contributed by atoms with E-state index in [4.69, 9.17) is 0 Å². The van der Waals surface area contributed by atoms with Crippen LogP contribution in [0.1, 0.15) is 45.4 Å². The van der Waals surface area contributed by atoms with Crippen LogP contribution in [-0.4, -0.2) is 0 Å². The fourth-order valence-electron chi connectivity index (χ4n) is 2.40. The molecule has 0 aliphatic heterocycles. The zero-order valence-electron chi connectivity index (χ0n) is 6.82. The van der Waals surface area contributed by atoms with E-state index in [1.807, 2.05) is 0 Å². The molecule has 2 rings (SSSR count). The zero-order chi connectivity index (χ0) is 7.03. The van der Waals surface area contributed by atoms with E-state index >= 15 is 0 Å². The summed E-state index contributed by atoms with van der Waals surface area (Å²) >= 11 is 0. The molecule has 2 aliphatic rings. The van der Waals surface area contributed by atoms with E-state index in [1.165, 1.54) is 38.5 Å². The van der Waals surface area contributed by atoms with Gasteiger partial charge in [-0.05, 0) is 19.3 Å². The second-order valence-electron chi connectivity index (χ2n) is 3.74. The average molecular weight is 136 g/mol. The van der Waals surface area contributed by atoms with Gasteiger partial charge in [0.15, 0.2) is 0 Å². The smallest absolute Gasteiger partial charge is 0.00939 e. The first-order valence-electron chi connectivity index (χ1n) is 4.60. The Morgan fingerprint density at radius 3 is 2.50 bits per heavy atom. The predicted octanol–water partition coefficient (Wildman–Crippen LogP) is 3.29. The lowest BCUT2D eigenvalue weighted by atomic mass is 9.82. The molecule has 1 saturated carbocycles. The summed E-state index contributed by atoms with van der Waals surface area (Å²) in [5.41, 5.74) is 2.44. The van der Waals surface area contributed by atoms with Gasteiger partial charge in [0.25, 0.3) is 0 Å². The molecule has 0 atom stereocenters. The Hall–Kier alpha value is -0.260. The minimum absolute atomic E-state index is 0.688. The summed E-state index contributed by atoms with van der Waals surface area (Å²) in [6.45, 7) is 2.29. The van der Waals surface area contributed by atoms with Crippen LogP contribution in [0.3, 0.4) is 0 Å². The van der Waals surface area contributed by atoms with Crippen LogP contribution in [0.25, 0.3) is 0 Å². The van der Waals surface area contributed by atoms with Gasteiger partial charge in [-0.3, -0.25) is 0 Å². The molecule has 0 heteroatoms. The van der Waals surface area contributed by atoms with Crippen molar-refractivity contribution in [3.05, 3.63) is 11.6 Å². The molecule has 0 saturated heterocycles. The molecular formula is C10H16. The molecule has 1 fully saturated rings. The van der Waals surface area contributed by atoms with Crippen molar-refractivity contribution in [2.45, 2.75) is 45.4 Å². The highest BCUT2D eigenvalue weighted by molar-refractivity contribution is 5.38. The summed E-state index contributed by atoms with van der Waals surface area (Å²) in [7, 11) is 0. The molecule has 0 aromatic carbocycles. The fraction of sp³-hybridized carbons (Fsp3) is 0.800. The topological polar surface area (TPSA) is 0 Å². The van der Waals surface area contributed by atoms with Crippen molar-refractivity contribution in [3.8, 4) is 0 Å². The summed E-state index contributed by atoms with van der Waals surface area (Å²) in [5, 5.41) is 0. The highest BCUT2D eigenvalue weighted by Gasteiger charge is 2.42. The summed E-state index contributed by atoms with van der Waals surface area (Å²) in [6, 6.07) is 0. The molecule has 0 aromatic heterocycles. The third-order valence-corrected chi connectivity index (χ3v) is 3.13. The lowest BCUT2D eigenvalue weighted by molar-refractivity contribution is 0.357. The van der Waals surface area contributed by atoms with Gasteiger partial charge in [0, 0.05) is 5.41 Å². The number of hydrogen-bond acceptors (Lipinski definition) is 0. The molecule has 0 heterocycles. The van der Waals surface area contributed by atoms with Gasteiger partial charge in [-0.2, -0.15) is 0 Å². The first kappa shape index (κ1) is 6.45. The minimum atomic E-state index is 0.688. The van der Waals surface area contributed by atoms with Gasteiger partial charge in [-0.15, -0.1) is 0 Å². The van der Waals surface area contributed by atoms with Gasteiger partial charge >= 0.3 is 0 Å². The Bertz CT molecular complexity index is 159. The van der Waals surface area contributed by atoms with Gasteiger partial charge < -0.3 is 0 Å². The van der Waals surface area contributed by atoms with Crippen molar-refractivity contribution in [3.63, 3.8) is 0 Å². The Labute approximate surface area is 63.3 Å². The molecule has 0 N–H and O–H groups in total. The molecule has 0 radical (unpaired) electrons. The molecule has 0 nitrogen and oxygen atoms in total. The SMILES string of the molecule is CCC1=CC12CCCCC2. The Morgan fingerprint density at radius 1 is 1.30 bits per heavy atom. The van der Waals surface area contributed by atoms with Crippen molar-refractivity contribution < 1.29 is 0 Å². The van der Waals surface area contributed by atoms with E-state index in [0.29, 0.717) is 5.41 Å². The minimum Gasteiger partial charge on any atom is -0.0742 e. The van der Waals surface area contributed by atoms with Crippen LogP contribution < -0.4 is 0 Å². The third kappa shape index (κ3) is 0.817. The highest BCUT2D eigenvalue weighted by Crippen LogP contribution is 2.55. The molecule has 0 bridgehead atoms. The van der Waals surface area contributed by atoms with Gasteiger partial charge in [0.2, 0.25) is 0 Å². The normalized spacial score (nSPS) is 28.3. The fourth-order valence-corrected chi connectivity index (χ4v) is 2.40. The Kier molecular flexibility index (Phi) is 1.36. The molecular weight excluding hydrogens is 120 g/mol. The van der Waals surface area contributed by atoms with Crippen LogP contribution >= 0.6 is 0 Å². The van der Waals surface area contributed by atoms with Crippen LogP contribution in [0.5, 0.6) is 0 Å². The summed E-state index contributed by atoms with van der Waals surface area (Å²) in [6.07, 6.45) is 11.2. The standard InChI is InChI=1S/C10H16/c1-2-9-8-10(9)6-4-3-5-7-10/h8H,2-7H2,1H3. The van der Waals surface area contributed by atoms with Crippen LogP contribution in [0.2, 0.25) is 0 Å². The van der Waals surface area contributed by atoms with Crippen LogP contribution in [0.15, 0.2) is 11.6 Å². The van der Waals surface area contributed by atoms with Gasteiger partial charge in [0.1, 0.15) is 0 Å². The maximum Gasteiger partial charge on any atom is 0.00939 e. The second-order valence-corrected chi connectivity index (χ2v) is 3.74. The van der Waals surface area contributed by atoms with Gasteiger partial charge in [-0.1, -0.05) is 37.8 Å². The molecule has 2 aliphatic carbocycles. The number of rotatable bonds is 1. The van der Waals surface area contributed by atoms with E-state index < -0.39 is 0 Å². The van der Waals surface area contributed by atoms with E-state index in [9.17, 15) is 0 Å². The largest absolute Gasteiger partial charge is 0.0742 e. The predicted molar refractivity (Wildman–Crippen MR) is 43.9 cm³/mol. The van der Waals surface area contributed by atoms with Crippen molar-refractivity contribution in [2.75, 3.05) is 0 Å². The van der Waals surface area contributed by atoms with Crippen molar-refractivity contribution >= 4 is 0 Å². The number of allylic oxidation sites excluding steroid dienone is 2. The van der Waals surface area contributed by atoms with E-state index in [-0.39, 0.29) is 0 Å². The monoisotopic (exact) mass is 136 g/mol. The first-order valence-corrected chi connectivity index (χ1v) is 4.60. The zero-order valence-corrected chi connectivity index (χ0v) is 6.82. The lowest BCUT2D eigenvalue weighted by Crippen LogP contribution is -2.10. The molecule has 10 heavy (non-hydrogen) atoms.